The molecular weight excluding hydrogens is 236 g/mol. The summed E-state index contributed by atoms with van der Waals surface area (Å²) in [5.41, 5.74) is 0. The van der Waals surface area contributed by atoms with Crippen LogP contribution in [0.2, 0.25) is 0 Å². The molecule has 0 bridgehead atoms. The highest BCUT2D eigenvalue weighted by molar-refractivity contribution is 5.79. The number of nitrogens with one attached hydrogen (secondary N) is 1. The van der Waals surface area contributed by atoms with E-state index in [2.05, 4.69) is 9.97 Å². The van der Waals surface area contributed by atoms with E-state index < -0.39 is 5.97 Å². The van der Waals surface area contributed by atoms with Gasteiger partial charge in [0.15, 0.2) is 0 Å². The molecule has 0 aliphatic heterocycles. The Morgan fingerprint density at radius 2 is 2.22 bits per heavy atom. The van der Waals surface area contributed by atoms with Crippen molar-refractivity contribution in [2.75, 3.05) is 20.1 Å². The van der Waals surface area contributed by atoms with E-state index in [0.29, 0.717) is 25.3 Å². The molecule has 0 radical (unpaired) electrons. The van der Waals surface area contributed by atoms with Crippen molar-refractivity contribution in [3.05, 3.63) is 18.2 Å². The van der Waals surface area contributed by atoms with Crippen LogP contribution in [0, 0.1) is 0 Å². The van der Waals surface area contributed by atoms with Crippen LogP contribution in [0.15, 0.2) is 12.4 Å². The third-order valence-corrected chi connectivity index (χ3v) is 2.36. The monoisotopic (exact) mass is 254 g/mol. The molecule has 0 aliphatic carbocycles. The third kappa shape index (κ3) is 4.08. The minimum absolute atomic E-state index is 0.283. The average molecular weight is 254 g/mol. The summed E-state index contributed by atoms with van der Waals surface area (Å²) in [6, 6.07) is -0.310. The van der Waals surface area contributed by atoms with Crippen LogP contribution < -0.4 is 0 Å². The van der Waals surface area contributed by atoms with Gasteiger partial charge in [-0.2, -0.15) is 0 Å². The molecule has 0 unspecified atom stereocenters. The summed E-state index contributed by atoms with van der Waals surface area (Å²) in [4.78, 5) is 32.4. The fourth-order valence-electron chi connectivity index (χ4n) is 1.59. The first-order chi connectivity index (χ1) is 8.54. The van der Waals surface area contributed by atoms with Crippen LogP contribution >= 0.6 is 0 Å². The number of aromatic amines is 1. The van der Waals surface area contributed by atoms with Crippen molar-refractivity contribution in [1.29, 1.82) is 0 Å². The van der Waals surface area contributed by atoms with Gasteiger partial charge in [0, 0.05) is 26.0 Å². The first-order valence-corrected chi connectivity index (χ1v) is 5.74. The zero-order chi connectivity index (χ0) is 13.5. The predicted molar refractivity (Wildman–Crippen MR) is 65.0 cm³/mol. The Labute approximate surface area is 105 Å². The molecule has 0 fully saturated rings. The lowest BCUT2D eigenvalue weighted by Gasteiger charge is -2.26. The lowest BCUT2D eigenvalue weighted by atomic mass is 10.4. The van der Waals surface area contributed by atoms with Crippen LogP contribution in [-0.2, 0) is 11.3 Å². The van der Waals surface area contributed by atoms with Crippen LogP contribution in [-0.4, -0.2) is 57.0 Å². The van der Waals surface area contributed by atoms with E-state index in [1.807, 2.05) is 6.92 Å². The number of carboxylic acid groups (broad SMARTS) is 1. The number of H-pyrrole nitrogens is 1. The molecule has 2 amide bonds. The summed E-state index contributed by atoms with van der Waals surface area (Å²) >= 11 is 0. The van der Waals surface area contributed by atoms with Gasteiger partial charge in [0.2, 0.25) is 0 Å². The van der Waals surface area contributed by atoms with Gasteiger partial charge in [0.1, 0.15) is 12.4 Å². The Morgan fingerprint density at radius 3 is 2.72 bits per heavy atom. The van der Waals surface area contributed by atoms with Gasteiger partial charge in [-0.3, -0.25) is 4.79 Å². The van der Waals surface area contributed by atoms with Gasteiger partial charge < -0.3 is 19.9 Å². The lowest BCUT2D eigenvalue weighted by Crippen LogP contribution is -2.43. The summed E-state index contributed by atoms with van der Waals surface area (Å²) in [5, 5.41) is 8.77. The highest BCUT2D eigenvalue weighted by Crippen LogP contribution is 2.02. The highest BCUT2D eigenvalue weighted by atomic mass is 16.4. The molecule has 18 heavy (non-hydrogen) atoms. The number of hydrogen-bond donors (Lipinski definition) is 2. The van der Waals surface area contributed by atoms with E-state index in [0.717, 1.165) is 0 Å². The summed E-state index contributed by atoms with van der Waals surface area (Å²) in [7, 11) is 1.62. The number of carbonyl (C=O) groups excluding carboxylic acids is 1. The molecule has 0 saturated carbocycles. The smallest absolute Gasteiger partial charge is 0.323 e. The lowest BCUT2D eigenvalue weighted by molar-refractivity contribution is -0.137. The van der Waals surface area contributed by atoms with Crippen LogP contribution in [0.4, 0.5) is 4.79 Å². The number of rotatable bonds is 6. The van der Waals surface area contributed by atoms with E-state index in [-0.39, 0.29) is 12.6 Å². The summed E-state index contributed by atoms with van der Waals surface area (Å²) in [6.45, 7) is 2.36. The van der Waals surface area contributed by atoms with Gasteiger partial charge in [-0.1, -0.05) is 6.92 Å². The van der Waals surface area contributed by atoms with E-state index in [1.54, 1.807) is 19.4 Å². The maximum Gasteiger partial charge on any atom is 0.323 e. The molecule has 7 heteroatoms. The Balaban J connectivity index is 2.60. The van der Waals surface area contributed by atoms with E-state index in [4.69, 9.17) is 5.11 Å². The molecule has 0 atom stereocenters. The molecule has 0 aromatic carbocycles. The van der Waals surface area contributed by atoms with E-state index >= 15 is 0 Å². The summed E-state index contributed by atoms with van der Waals surface area (Å²) in [6.07, 6.45) is 4.00. The van der Waals surface area contributed by atoms with Crippen molar-refractivity contribution in [3.63, 3.8) is 0 Å². The Hall–Kier alpha value is -2.05. The Morgan fingerprint density at radius 1 is 1.50 bits per heavy atom. The van der Waals surface area contributed by atoms with Crippen molar-refractivity contribution >= 4 is 12.0 Å². The van der Waals surface area contributed by atoms with E-state index in [9.17, 15) is 9.59 Å². The number of nitrogens with zero attached hydrogens (tertiary/aromatic N) is 3. The minimum atomic E-state index is -1.01. The fourth-order valence-corrected chi connectivity index (χ4v) is 1.59. The quantitative estimate of drug-likeness (QED) is 0.784. The zero-order valence-electron chi connectivity index (χ0n) is 10.6. The normalized spacial score (nSPS) is 10.1. The zero-order valence-corrected chi connectivity index (χ0v) is 10.6. The molecule has 0 saturated heterocycles. The second-order valence-corrected chi connectivity index (χ2v) is 3.99. The number of aromatic nitrogens is 2. The standard InChI is InChI=1S/C11H18N4O3/c1-3-6-15(8-10(16)17)11(18)14(2)7-9-12-4-5-13-9/h4-5H,3,6-8H2,1-2H3,(H,12,13)(H,16,17). The van der Waals surface area contributed by atoms with Crippen molar-refractivity contribution < 1.29 is 14.7 Å². The van der Waals surface area contributed by atoms with E-state index in [1.165, 1.54) is 9.80 Å². The molecule has 1 heterocycles. The molecule has 1 aromatic heterocycles. The summed E-state index contributed by atoms with van der Waals surface area (Å²) in [5.74, 6) is -0.346. The molecule has 100 valence electrons. The Bertz CT molecular complexity index is 391. The van der Waals surface area contributed by atoms with Crippen LogP contribution in [0.5, 0.6) is 0 Å². The second-order valence-electron chi connectivity index (χ2n) is 3.99. The molecule has 2 N–H and O–H groups in total. The summed E-state index contributed by atoms with van der Waals surface area (Å²) < 4.78 is 0. The number of carbonyl (C=O) groups is 2. The number of aliphatic carboxylic acids is 1. The average Bonchev–Trinajstić information content (AvgIpc) is 2.79. The van der Waals surface area contributed by atoms with Crippen LogP contribution in [0.1, 0.15) is 19.2 Å². The molecule has 1 rings (SSSR count). The maximum atomic E-state index is 12.0. The van der Waals surface area contributed by atoms with Crippen molar-refractivity contribution in [1.82, 2.24) is 19.8 Å². The van der Waals surface area contributed by atoms with Crippen LogP contribution in [0.3, 0.4) is 0 Å². The molecular formula is C11H18N4O3. The van der Waals surface area contributed by atoms with Gasteiger partial charge in [0.25, 0.3) is 0 Å². The number of urea groups is 1. The second kappa shape index (κ2) is 6.63. The topological polar surface area (TPSA) is 89.5 Å². The van der Waals surface area contributed by atoms with Crippen molar-refractivity contribution in [2.45, 2.75) is 19.9 Å². The van der Waals surface area contributed by atoms with Gasteiger partial charge >= 0.3 is 12.0 Å². The molecule has 1 aromatic rings. The molecule has 7 nitrogen and oxygen atoms in total. The number of hydrogen-bond acceptors (Lipinski definition) is 3. The number of imidazole rings is 1. The molecule has 0 aliphatic rings. The minimum Gasteiger partial charge on any atom is -0.480 e. The third-order valence-electron chi connectivity index (χ3n) is 2.36. The number of carboxylic acids is 1. The molecule has 0 spiro atoms. The predicted octanol–water partition coefficient (Wildman–Crippen LogP) is 0.758. The maximum absolute atomic E-state index is 12.0. The Kier molecular flexibility index (Phi) is 5.16. The first kappa shape index (κ1) is 14.0. The van der Waals surface area contributed by atoms with Crippen molar-refractivity contribution in [2.24, 2.45) is 0 Å². The number of amides is 2. The SMILES string of the molecule is CCCN(CC(=O)O)C(=O)N(C)Cc1ncc[nH]1. The van der Waals surface area contributed by atoms with Gasteiger partial charge in [-0.25, -0.2) is 9.78 Å². The van der Waals surface area contributed by atoms with Crippen molar-refractivity contribution in [3.8, 4) is 0 Å². The fraction of sp³-hybridized carbons (Fsp3) is 0.545. The first-order valence-electron chi connectivity index (χ1n) is 5.74. The largest absolute Gasteiger partial charge is 0.480 e. The highest BCUT2D eigenvalue weighted by Gasteiger charge is 2.20. The van der Waals surface area contributed by atoms with Gasteiger partial charge in [-0.15, -0.1) is 0 Å². The van der Waals surface area contributed by atoms with Gasteiger partial charge in [0.05, 0.1) is 6.54 Å². The van der Waals surface area contributed by atoms with Gasteiger partial charge in [-0.05, 0) is 6.42 Å². The van der Waals surface area contributed by atoms with Crippen LogP contribution in [0.25, 0.3) is 0 Å².